The average molecular weight is 270 g/mol. The summed E-state index contributed by atoms with van der Waals surface area (Å²) in [6.45, 7) is 3.48. The Balaban J connectivity index is 1.45. The zero-order valence-corrected chi connectivity index (χ0v) is 11.4. The lowest BCUT2D eigenvalue weighted by Crippen LogP contribution is -2.22. The molecule has 1 saturated carbocycles. The summed E-state index contributed by atoms with van der Waals surface area (Å²) in [6.07, 6.45) is 7.44. The molecule has 104 valence electrons. The van der Waals surface area contributed by atoms with Gasteiger partial charge in [-0.25, -0.2) is 0 Å². The fourth-order valence-corrected chi connectivity index (χ4v) is 2.88. The lowest BCUT2D eigenvalue weighted by atomic mass is 10.1. The summed E-state index contributed by atoms with van der Waals surface area (Å²) in [5, 5.41) is 8.41. The molecule has 1 saturated heterocycles. The predicted octanol–water partition coefficient (Wildman–Crippen LogP) is 2.33. The minimum absolute atomic E-state index is 0.400. The second-order valence-electron chi connectivity index (χ2n) is 5.87. The number of nitrogens with zero attached hydrogens (tertiary/aromatic N) is 4. The van der Waals surface area contributed by atoms with Crippen molar-refractivity contribution < 1.29 is 4.42 Å². The van der Waals surface area contributed by atoms with Gasteiger partial charge >= 0.3 is 0 Å². The van der Waals surface area contributed by atoms with Crippen LogP contribution in [-0.2, 0) is 0 Å². The number of likely N-dealkylation sites (tertiary alicyclic amines) is 1. The smallest absolute Gasteiger partial charge is 0.247 e. The highest BCUT2D eigenvalue weighted by molar-refractivity contribution is 5.50. The van der Waals surface area contributed by atoms with E-state index < -0.39 is 0 Å². The molecule has 3 heterocycles. The highest BCUT2D eigenvalue weighted by atomic mass is 16.4. The fraction of sp³-hybridized carbons (Fsp3) is 0.533. The molecule has 0 radical (unpaired) electrons. The average Bonchev–Trinajstić information content (AvgIpc) is 2.99. The quantitative estimate of drug-likeness (QED) is 0.853. The normalized spacial score (nSPS) is 23.3. The van der Waals surface area contributed by atoms with Crippen LogP contribution >= 0.6 is 0 Å². The Hall–Kier alpha value is -1.75. The molecule has 0 aromatic carbocycles. The summed E-state index contributed by atoms with van der Waals surface area (Å²) >= 11 is 0. The monoisotopic (exact) mass is 270 g/mol. The van der Waals surface area contributed by atoms with Gasteiger partial charge < -0.3 is 9.32 Å². The Morgan fingerprint density at radius 3 is 2.80 bits per heavy atom. The first-order chi connectivity index (χ1) is 9.88. The first kappa shape index (κ1) is 12.0. The summed E-state index contributed by atoms with van der Waals surface area (Å²) in [5.74, 6) is 2.74. The van der Waals surface area contributed by atoms with Crippen LogP contribution in [-0.4, -0.2) is 39.7 Å². The molecular weight excluding hydrogens is 252 g/mol. The van der Waals surface area contributed by atoms with Crippen molar-refractivity contribution in [2.24, 2.45) is 5.92 Å². The number of aromatic nitrogens is 3. The van der Waals surface area contributed by atoms with Crippen molar-refractivity contribution >= 4 is 0 Å². The Kier molecular flexibility index (Phi) is 2.99. The molecule has 1 atom stereocenters. The summed E-state index contributed by atoms with van der Waals surface area (Å²) in [5.41, 5.74) is 0.937. The van der Waals surface area contributed by atoms with Gasteiger partial charge in [-0.1, -0.05) is 0 Å². The van der Waals surface area contributed by atoms with Crippen LogP contribution in [0.15, 0.2) is 28.9 Å². The molecule has 2 aromatic heterocycles. The van der Waals surface area contributed by atoms with Gasteiger partial charge in [-0.05, 0) is 43.9 Å². The maximum Gasteiger partial charge on any atom is 0.247 e. The SMILES string of the molecule is c1cc(-c2nnc([C@H]3CCN(CC4CC4)C3)o2)ccn1. The molecule has 0 amide bonds. The second kappa shape index (κ2) is 4.98. The summed E-state index contributed by atoms with van der Waals surface area (Å²) in [4.78, 5) is 6.54. The molecule has 4 rings (SSSR count). The van der Waals surface area contributed by atoms with Crippen molar-refractivity contribution in [3.8, 4) is 11.5 Å². The summed E-state index contributed by atoms with van der Waals surface area (Å²) < 4.78 is 5.85. The van der Waals surface area contributed by atoms with E-state index >= 15 is 0 Å². The zero-order valence-electron chi connectivity index (χ0n) is 11.4. The highest BCUT2D eigenvalue weighted by Crippen LogP contribution is 2.34. The van der Waals surface area contributed by atoms with Crippen molar-refractivity contribution in [1.29, 1.82) is 0 Å². The molecule has 2 aliphatic rings. The van der Waals surface area contributed by atoms with E-state index in [1.54, 1.807) is 12.4 Å². The van der Waals surface area contributed by atoms with Crippen molar-refractivity contribution in [3.05, 3.63) is 30.4 Å². The van der Waals surface area contributed by atoms with Crippen molar-refractivity contribution in [2.45, 2.75) is 25.2 Å². The Morgan fingerprint density at radius 1 is 1.15 bits per heavy atom. The molecule has 5 nitrogen and oxygen atoms in total. The third-order valence-corrected chi connectivity index (χ3v) is 4.20. The molecule has 0 unspecified atom stereocenters. The molecule has 0 bridgehead atoms. The Labute approximate surface area is 118 Å². The maximum atomic E-state index is 5.85. The zero-order chi connectivity index (χ0) is 13.4. The van der Waals surface area contributed by atoms with Gasteiger partial charge in [-0.2, -0.15) is 0 Å². The fourth-order valence-electron chi connectivity index (χ4n) is 2.88. The van der Waals surface area contributed by atoms with Crippen LogP contribution in [0.5, 0.6) is 0 Å². The first-order valence-electron chi connectivity index (χ1n) is 7.34. The van der Waals surface area contributed by atoms with E-state index in [0.29, 0.717) is 11.8 Å². The Bertz CT molecular complexity index is 579. The number of pyridine rings is 1. The lowest BCUT2D eigenvalue weighted by molar-refractivity contribution is 0.314. The van der Waals surface area contributed by atoms with Crippen LogP contribution in [0.4, 0.5) is 0 Å². The van der Waals surface area contributed by atoms with Gasteiger partial charge in [-0.3, -0.25) is 4.98 Å². The number of rotatable bonds is 4. The Morgan fingerprint density at radius 2 is 2.00 bits per heavy atom. The molecule has 5 heteroatoms. The van der Waals surface area contributed by atoms with Crippen LogP contribution in [0.1, 0.15) is 31.1 Å². The van der Waals surface area contributed by atoms with Gasteiger partial charge in [0.1, 0.15) is 0 Å². The molecule has 1 aliphatic heterocycles. The van der Waals surface area contributed by atoms with Crippen LogP contribution in [0.3, 0.4) is 0 Å². The van der Waals surface area contributed by atoms with Gasteiger partial charge in [0.2, 0.25) is 11.8 Å². The highest BCUT2D eigenvalue weighted by Gasteiger charge is 2.32. The molecule has 0 N–H and O–H groups in total. The molecule has 1 aliphatic carbocycles. The molecule has 2 aromatic rings. The minimum atomic E-state index is 0.400. The number of hydrogen-bond acceptors (Lipinski definition) is 5. The topological polar surface area (TPSA) is 55.1 Å². The van der Waals surface area contributed by atoms with E-state index in [1.807, 2.05) is 12.1 Å². The summed E-state index contributed by atoms with van der Waals surface area (Å²) in [7, 11) is 0. The first-order valence-corrected chi connectivity index (χ1v) is 7.34. The van der Waals surface area contributed by atoms with E-state index in [0.717, 1.165) is 36.9 Å². The van der Waals surface area contributed by atoms with E-state index in [-0.39, 0.29) is 0 Å². The van der Waals surface area contributed by atoms with Crippen LogP contribution in [0.2, 0.25) is 0 Å². The summed E-state index contributed by atoms with van der Waals surface area (Å²) in [6, 6.07) is 3.79. The van der Waals surface area contributed by atoms with Gasteiger partial charge in [0.25, 0.3) is 0 Å². The van der Waals surface area contributed by atoms with Crippen LogP contribution in [0, 0.1) is 5.92 Å². The molecular formula is C15H18N4O. The lowest BCUT2D eigenvalue weighted by Gasteiger charge is -2.13. The molecule has 20 heavy (non-hydrogen) atoms. The largest absolute Gasteiger partial charge is 0.420 e. The third kappa shape index (κ3) is 2.45. The predicted molar refractivity (Wildman–Crippen MR) is 74.1 cm³/mol. The van der Waals surface area contributed by atoms with Gasteiger partial charge in [0.15, 0.2) is 0 Å². The third-order valence-electron chi connectivity index (χ3n) is 4.20. The molecule has 2 fully saturated rings. The van der Waals surface area contributed by atoms with Gasteiger partial charge in [0, 0.05) is 31.0 Å². The standard InChI is InChI=1S/C15H18N4O/c1-2-11(1)9-19-8-5-13(10-19)15-18-17-14(20-15)12-3-6-16-7-4-12/h3-4,6-7,11,13H,1-2,5,8-10H2/t13-/m0/s1. The van der Waals surface area contributed by atoms with E-state index in [4.69, 9.17) is 4.42 Å². The van der Waals surface area contributed by atoms with E-state index in [9.17, 15) is 0 Å². The van der Waals surface area contributed by atoms with E-state index in [1.165, 1.54) is 19.4 Å². The van der Waals surface area contributed by atoms with Crippen molar-refractivity contribution in [1.82, 2.24) is 20.1 Å². The number of hydrogen-bond donors (Lipinski definition) is 0. The van der Waals surface area contributed by atoms with Gasteiger partial charge in [-0.15, -0.1) is 10.2 Å². The molecule has 0 spiro atoms. The van der Waals surface area contributed by atoms with Crippen LogP contribution in [0.25, 0.3) is 11.5 Å². The maximum absolute atomic E-state index is 5.85. The van der Waals surface area contributed by atoms with E-state index in [2.05, 4.69) is 20.1 Å². The van der Waals surface area contributed by atoms with Crippen LogP contribution < -0.4 is 0 Å². The second-order valence-corrected chi connectivity index (χ2v) is 5.87. The van der Waals surface area contributed by atoms with Crippen molar-refractivity contribution in [2.75, 3.05) is 19.6 Å². The van der Waals surface area contributed by atoms with Crippen molar-refractivity contribution in [3.63, 3.8) is 0 Å². The minimum Gasteiger partial charge on any atom is -0.420 e. The van der Waals surface area contributed by atoms with Gasteiger partial charge in [0.05, 0.1) is 5.92 Å².